The van der Waals surface area contributed by atoms with Crippen molar-refractivity contribution in [3.05, 3.63) is 35.9 Å². The van der Waals surface area contributed by atoms with Crippen LogP contribution < -0.4 is 16.0 Å². The van der Waals surface area contributed by atoms with E-state index < -0.39 is 18.1 Å². The zero-order chi connectivity index (χ0) is 15.3. The van der Waals surface area contributed by atoms with Gasteiger partial charge in [-0.15, -0.1) is 0 Å². The first-order chi connectivity index (χ1) is 9.97. The zero-order valence-corrected chi connectivity index (χ0v) is 11.4. The van der Waals surface area contributed by atoms with Gasteiger partial charge in [0.1, 0.15) is 6.04 Å². The predicted octanol–water partition coefficient (Wildman–Crippen LogP) is 1.22. The molecule has 4 nitrogen and oxygen atoms in total. The lowest BCUT2D eigenvalue weighted by Crippen LogP contribution is -2.49. The smallest absolute Gasteiger partial charge is 0.355 e. The van der Waals surface area contributed by atoms with E-state index in [4.69, 9.17) is 0 Å². The summed E-state index contributed by atoms with van der Waals surface area (Å²) in [6, 6.07) is 5.68. The molecule has 1 unspecified atom stereocenters. The summed E-state index contributed by atoms with van der Waals surface area (Å²) >= 11 is 0. The molecule has 1 heterocycles. The highest BCUT2D eigenvalue weighted by atomic mass is 19.4. The first kappa shape index (κ1) is 15.8. The van der Waals surface area contributed by atoms with E-state index in [1.165, 1.54) is 12.1 Å². The number of rotatable bonds is 6. The van der Waals surface area contributed by atoms with Crippen molar-refractivity contribution >= 4 is 5.91 Å². The second kappa shape index (κ2) is 6.91. The molecule has 2 rings (SSSR count). The number of amides is 1. The van der Waals surface area contributed by atoms with Crippen molar-refractivity contribution in [3.63, 3.8) is 0 Å². The second-order valence-electron chi connectivity index (χ2n) is 5.09. The molecule has 3 N–H and O–H groups in total. The summed E-state index contributed by atoms with van der Waals surface area (Å²) < 4.78 is 39.1. The van der Waals surface area contributed by atoms with Crippen LogP contribution in [0.3, 0.4) is 0 Å². The molecule has 0 saturated carbocycles. The van der Waals surface area contributed by atoms with Gasteiger partial charge in [0.2, 0.25) is 5.91 Å². The molecular weight excluding hydrogens is 283 g/mol. The normalized spacial score (nSPS) is 17.1. The summed E-state index contributed by atoms with van der Waals surface area (Å²) in [5.74, 6) is -0.0476. The van der Waals surface area contributed by atoms with Gasteiger partial charge < -0.3 is 10.6 Å². The molecule has 1 saturated heterocycles. The van der Waals surface area contributed by atoms with Crippen LogP contribution in [0, 0.1) is 5.92 Å². The maximum absolute atomic E-state index is 13.0. The van der Waals surface area contributed by atoms with Gasteiger partial charge in [-0.2, -0.15) is 13.2 Å². The first-order valence-corrected chi connectivity index (χ1v) is 6.79. The highest BCUT2D eigenvalue weighted by molar-refractivity contribution is 5.78. The largest absolute Gasteiger partial charge is 0.407 e. The molecule has 21 heavy (non-hydrogen) atoms. The van der Waals surface area contributed by atoms with Crippen LogP contribution in [0.2, 0.25) is 0 Å². The van der Waals surface area contributed by atoms with Crippen molar-refractivity contribution < 1.29 is 18.0 Å². The van der Waals surface area contributed by atoms with Crippen LogP contribution in [0.25, 0.3) is 0 Å². The number of benzene rings is 1. The lowest BCUT2D eigenvalue weighted by Gasteiger charge is -2.27. The Hall–Kier alpha value is -1.60. The zero-order valence-electron chi connectivity index (χ0n) is 11.4. The van der Waals surface area contributed by atoms with Crippen LogP contribution in [-0.2, 0) is 4.79 Å². The van der Waals surface area contributed by atoms with Crippen molar-refractivity contribution in [3.8, 4) is 0 Å². The molecular formula is C14H18F3N3O. The van der Waals surface area contributed by atoms with E-state index in [0.717, 1.165) is 13.1 Å². The van der Waals surface area contributed by atoms with Gasteiger partial charge in [-0.3, -0.25) is 10.1 Å². The molecule has 0 radical (unpaired) electrons. The first-order valence-electron chi connectivity index (χ1n) is 6.79. The summed E-state index contributed by atoms with van der Waals surface area (Å²) in [4.78, 5) is 11.6. The van der Waals surface area contributed by atoms with E-state index in [1.807, 2.05) is 0 Å². The monoisotopic (exact) mass is 301 g/mol. The van der Waals surface area contributed by atoms with Gasteiger partial charge in [-0.05, 0) is 5.56 Å². The molecule has 0 bridgehead atoms. The third-order valence-electron chi connectivity index (χ3n) is 3.38. The third kappa shape index (κ3) is 4.71. The number of hydrogen-bond acceptors (Lipinski definition) is 3. The maximum atomic E-state index is 13.0. The lowest BCUT2D eigenvalue weighted by molar-refractivity contribution is -0.158. The Kier molecular flexibility index (Phi) is 5.19. The van der Waals surface area contributed by atoms with Gasteiger partial charge in [0.25, 0.3) is 0 Å². The number of carbonyl (C=O) groups is 1. The standard InChI is InChI=1S/C14H18F3N3O/c15-14(16,17)13(11-4-2-1-3-5-11)20-9-12(21)19-8-10-6-18-7-10/h1-5,10,13,18,20H,6-9H2,(H,19,21). The molecule has 0 aliphatic carbocycles. The average Bonchev–Trinajstić information content (AvgIpc) is 2.37. The number of carbonyl (C=O) groups excluding carboxylic acids is 1. The van der Waals surface area contributed by atoms with Crippen molar-refractivity contribution in [1.29, 1.82) is 0 Å². The maximum Gasteiger partial charge on any atom is 0.407 e. The molecule has 1 aliphatic rings. The molecule has 1 fully saturated rings. The number of hydrogen-bond donors (Lipinski definition) is 3. The van der Waals surface area contributed by atoms with Crippen molar-refractivity contribution in [2.45, 2.75) is 12.2 Å². The molecule has 1 aromatic rings. The lowest BCUT2D eigenvalue weighted by atomic mass is 10.0. The van der Waals surface area contributed by atoms with Gasteiger partial charge in [-0.25, -0.2) is 0 Å². The highest BCUT2D eigenvalue weighted by Crippen LogP contribution is 2.32. The molecule has 0 spiro atoms. The van der Waals surface area contributed by atoms with E-state index >= 15 is 0 Å². The second-order valence-corrected chi connectivity index (χ2v) is 5.09. The minimum atomic E-state index is -4.44. The molecule has 0 aromatic heterocycles. The van der Waals surface area contributed by atoms with Crippen LogP contribution in [0.5, 0.6) is 0 Å². The van der Waals surface area contributed by atoms with E-state index in [-0.39, 0.29) is 12.1 Å². The average molecular weight is 301 g/mol. The molecule has 1 aromatic carbocycles. The summed E-state index contributed by atoms with van der Waals surface area (Å²) in [6.45, 7) is 1.81. The fraction of sp³-hybridized carbons (Fsp3) is 0.500. The molecule has 116 valence electrons. The quantitative estimate of drug-likeness (QED) is 0.740. The summed E-state index contributed by atoms with van der Waals surface area (Å²) in [7, 11) is 0. The van der Waals surface area contributed by atoms with Gasteiger partial charge in [-0.1, -0.05) is 30.3 Å². The number of halogens is 3. The van der Waals surface area contributed by atoms with Crippen molar-refractivity contribution in [2.24, 2.45) is 5.92 Å². The van der Waals surface area contributed by atoms with Gasteiger partial charge in [0.05, 0.1) is 6.54 Å². The van der Waals surface area contributed by atoms with Crippen molar-refractivity contribution in [1.82, 2.24) is 16.0 Å². The topological polar surface area (TPSA) is 53.2 Å². The van der Waals surface area contributed by atoms with E-state index in [0.29, 0.717) is 12.5 Å². The Morgan fingerprint density at radius 1 is 1.29 bits per heavy atom. The summed E-state index contributed by atoms with van der Waals surface area (Å²) in [5.41, 5.74) is 0.0981. The van der Waals surface area contributed by atoms with Crippen LogP contribution in [0.15, 0.2) is 30.3 Å². The Labute approximate surface area is 121 Å². The van der Waals surface area contributed by atoms with Gasteiger partial charge in [0, 0.05) is 25.6 Å². The summed E-state index contributed by atoms with van der Waals surface area (Å²) in [6.07, 6.45) is -4.44. The Bertz CT molecular complexity index is 460. The van der Waals surface area contributed by atoms with E-state index in [9.17, 15) is 18.0 Å². The van der Waals surface area contributed by atoms with Crippen LogP contribution >= 0.6 is 0 Å². The molecule has 1 amide bonds. The van der Waals surface area contributed by atoms with Crippen molar-refractivity contribution in [2.75, 3.05) is 26.2 Å². The van der Waals surface area contributed by atoms with Crippen LogP contribution in [0.1, 0.15) is 11.6 Å². The van der Waals surface area contributed by atoms with Gasteiger partial charge >= 0.3 is 6.18 Å². The predicted molar refractivity (Wildman–Crippen MR) is 72.6 cm³/mol. The SMILES string of the molecule is O=C(CNC(c1ccccc1)C(F)(F)F)NCC1CNC1. The number of nitrogens with one attached hydrogen (secondary N) is 3. The van der Waals surface area contributed by atoms with Gasteiger partial charge in [0.15, 0.2) is 0 Å². The summed E-state index contributed by atoms with van der Waals surface area (Å²) in [5, 5.41) is 7.98. The Morgan fingerprint density at radius 2 is 1.95 bits per heavy atom. The Balaban J connectivity index is 1.85. The fourth-order valence-corrected chi connectivity index (χ4v) is 2.08. The molecule has 7 heteroatoms. The van der Waals surface area contributed by atoms with E-state index in [1.54, 1.807) is 18.2 Å². The van der Waals surface area contributed by atoms with E-state index in [2.05, 4.69) is 16.0 Å². The van der Waals surface area contributed by atoms with Crippen LogP contribution in [-0.4, -0.2) is 38.3 Å². The Morgan fingerprint density at radius 3 is 2.48 bits per heavy atom. The van der Waals surface area contributed by atoms with Crippen LogP contribution in [0.4, 0.5) is 13.2 Å². The third-order valence-corrected chi connectivity index (χ3v) is 3.38. The number of alkyl halides is 3. The highest BCUT2D eigenvalue weighted by Gasteiger charge is 2.40. The minimum absolute atomic E-state index is 0.0981. The minimum Gasteiger partial charge on any atom is -0.355 e. The molecule has 1 aliphatic heterocycles. The molecule has 1 atom stereocenters. The fourth-order valence-electron chi connectivity index (χ4n) is 2.08.